The Labute approximate surface area is 201 Å². The molecule has 3 rings (SSSR count). The van der Waals surface area contributed by atoms with Gasteiger partial charge in [0.25, 0.3) is 5.91 Å². The Morgan fingerprint density at radius 2 is 1.83 bits per heavy atom. The van der Waals surface area contributed by atoms with E-state index in [0.717, 1.165) is 21.3 Å². The molecule has 2 amide bonds. The van der Waals surface area contributed by atoms with Gasteiger partial charge in [-0.05, 0) is 42.8 Å². The summed E-state index contributed by atoms with van der Waals surface area (Å²) in [6, 6.07) is 10.8. The minimum atomic E-state index is -4.45. The van der Waals surface area contributed by atoms with Gasteiger partial charge in [-0.2, -0.15) is 22.7 Å². The third kappa shape index (κ3) is 5.80. The number of carbonyl (C=O) groups is 2. The molecule has 1 atom stereocenters. The van der Waals surface area contributed by atoms with E-state index in [1.54, 1.807) is 0 Å². The first-order valence-corrected chi connectivity index (χ1v) is 12.0. The van der Waals surface area contributed by atoms with Gasteiger partial charge in [-0.25, -0.2) is 8.42 Å². The smallest absolute Gasteiger partial charge is 0.350 e. The maximum atomic E-state index is 12.9. The van der Waals surface area contributed by atoms with E-state index >= 15 is 0 Å². The summed E-state index contributed by atoms with van der Waals surface area (Å²) in [5, 5.41) is 11.4. The highest BCUT2D eigenvalue weighted by molar-refractivity contribution is 7.89. The van der Waals surface area contributed by atoms with Crippen LogP contribution in [0.2, 0.25) is 0 Å². The van der Waals surface area contributed by atoms with E-state index in [2.05, 4.69) is 5.32 Å². The van der Waals surface area contributed by atoms with Crippen LogP contribution in [-0.2, 0) is 27.5 Å². The molecule has 2 aromatic carbocycles. The van der Waals surface area contributed by atoms with Crippen molar-refractivity contribution in [3.8, 4) is 6.07 Å². The lowest BCUT2D eigenvalue weighted by molar-refractivity contribution is -0.137. The summed E-state index contributed by atoms with van der Waals surface area (Å²) in [5.74, 6) is -1.48. The first kappa shape index (κ1) is 26.2. The van der Waals surface area contributed by atoms with E-state index in [4.69, 9.17) is 5.26 Å². The van der Waals surface area contributed by atoms with Crippen LogP contribution >= 0.6 is 0 Å². The van der Waals surface area contributed by atoms with Crippen LogP contribution in [-0.4, -0.2) is 55.6 Å². The molecule has 0 spiro atoms. The molecule has 186 valence electrons. The van der Waals surface area contributed by atoms with Crippen molar-refractivity contribution in [2.45, 2.75) is 30.6 Å². The highest BCUT2D eigenvalue weighted by Gasteiger charge is 2.37. The fourth-order valence-corrected chi connectivity index (χ4v) is 4.94. The number of halogens is 3. The Hall–Kier alpha value is -3.43. The summed E-state index contributed by atoms with van der Waals surface area (Å²) < 4.78 is 64.6. The van der Waals surface area contributed by atoms with Crippen molar-refractivity contribution in [2.24, 2.45) is 5.92 Å². The van der Waals surface area contributed by atoms with E-state index in [1.165, 1.54) is 50.4 Å². The fraction of sp³-hybridized carbons (Fsp3) is 0.348. The van der Waals surface area contributed by atoms with E-state index in [1.807, 2.05) is 6.07 Å². The number of sulfonamides is 1. The van der Waals surface area contributed by atoms with Crippen molar-refractivity contribution < 1.29 is 31.2 Å². The number of amides is 2. The number of nitrogens with one attached hydrogen (secondary N) is 1. The van der Waals surface area contributed by atoms with Crippen molar-refractivity contribution >= 4 is 21.8 Å². The molecular weight excluding hydrogens is 485 g/mol. The van der Waals surface area contributed by atoms with Crippen LogP contribution in [0.5, 0.6) is 0 Å². The molecular formula is C23H23F3N4O4S. The molecule has 8 nitrogen and oxygen atoms in total. The first-order valence-electron chi connectivity index (χ1n) is 10.6. The molecule has 1 N–H and O–H groups in total. The van der Waals surface area contributed by atoms with Crippen LogP contribution in [0.1, 0.15) is 28.4 Å². The van der Waals surface area contributed by atoms with Gasteiger partial charge in [0.1, 0.15) is 6.04 Å². The number of nitriles is 1. The lowest BCUT2D eigenvalue weighted by Crippen LogP contribution is -2.49. The molecule has 0 bridgehead atoms. The minimum absolute atomic E-state index is 0.0312. The van der Waals surface area contributed by atoms with Gasteiger partial charge in [0.05, 0.1) is 22.4 Å². The zero-order valence-electron chi connectivity index (χ0n) is 18.9. The Morgan fingerprint density at radius 1 is 1.20 bits per heavy atom. The molecule has 0 unspecified atom stereocenters. The first-order chi connectivity index (χ1) is 16.3. The fourth-order valence-electron chi connectivity index (χ4n) is 3.36. The molecule has 12 heteroatoms. The number of hydrogen-bond donors (Lipinski definition) is 1. The number of alkyl halides is 3. The maximum Gasteiger partial charge on any atom is 0.416 e. The highest BCUT2D eigenvalue weighted by atomic mass is 32.2. The molecule has 1 aliphatic rings. The van der Waals surface area contributed by atoms with E-state index in [0.29, 0.717) is 5.56 Å². The monoisotopic (exact) mass is 508 g/mol. The van der Waals surface area contributed by atoms with Crippen molar-refractivity contribution in [1.82, 2.24) is 14.5 Å². The lowest BCUT2D eigenvalue weighted by Gasteiger charge is -2.34. The van der Waals surface area contributed by atoms with Gasteiger partial charge in [-0.3, -0.25) is 9.59 Å². The summed E-state index contributed by atoms with van der Waals surface area (Å²) in [7, 11) is -2.47. The SMILES string of the molecule is C[C@H](C(=O)NCc1ccc(C(F)(F)F)cc1)N(C)C(=O)c1cccc(S(=O)(=O)N2CC(C#N)C2)c1. The van der Waals surface area contributed by atoms with Crippen molar-refractivity contribution in [1.29, 1.82) is 5.26 Å². The Kier molecular flexibility index (Phi) is 7.52. The van der Waals surface area contributed by atoms with E-state index < -0.39 is 39.6 Å². The number of benzene rings is 2. The second-order valence-electron chi connectivity index (χ2n) is 8.18. The van der Waals surface area contributed by atoms with Crippen molar-refractivity contribution in [3.05, 3.63) is 65.2 Å². The quantitative estimate of drug-likeness (QED) is 0.618. The minimum Gasteiger partial charge on any atom is -0.350 e. The van der Waals surface area contributed by atoms with Gasteiger partial charge >= 0.3 is 6.18 Å². The highest BCUT2D eigenvalue weighted by Crippen LogP contribution is 2.29. The normalized spacial score (nSPS) is 15.5. The van der Waals surface area contributed by atoms with Crippen LogP contribution in [0.25, 0.3) is 0 Å². The molecule has 0 aromatic heterocycles. The molecule has 1 saturated heterocycles. The molecule has 0 saturated carbocycles. The molecule has 1 fully saturated rings. The molecule has 0 radical (unpaired) electrons. The third-order valence-corrected chi connectivity index (χ3v) is 7.61. The van der Waals surface area contributed by atoms with Gasteiger partial charge in [0.2, 0.25) is 15.9 Å². The standard InChI is InChI=1S/C23H23F3N4O4S/c1-15(21(31)28-12-16-6-8-19(9-7-16)23(24,25)26)29(2)22(32)18-4-3-5-20(10-18)35(33,34)30-13-17(11-27)14-30/h3-10,15,17H,12-14H2,1-2H3,(H,28,31)/t15-/m1/s1. The Bertz CT molecular complexity index is 1250. The van der Waals surface area contributed by atoms with Gasteiger partial charge in [0, 0.05) is 32.2 Å². The number of hydrogen-bond acceptors (Lipinski definition) is 5. The van der Waals surface area contributed by atoms with E-state index in [9.17, 15) is 31.2 Å². The number of nitrogens with zero attached hydrogens (tertiary/aromatic N) is 3. The summed E-state index contributed by atoms with van der Waals surface area (Å²) in [6.07, 6.45) is -4.45. The van der Waals surface area contributed by atoms with Crippen molar-refractivity contribution in [3.63, 3.8) is 0 Å². The summed E-state index contributed by atoms with van der Waals surface area (Å²) in [5.41, 5.74) is -0.280. The van der Waals surface area contributed by atoms with Gasteiger partial charge in [0.15, 0.2) is 0 Å². The number of carbonyl (C=O) groups excluding carboxylic acids is 2. The summed E-state index contributed by atoms with van der Waals surface area (Å²) in [6.45, 7) is 1.62. The van der Waals surface area contributed by atoms with Gasteiger partial charge in [-0.15, -0.1) is 0 Å². The van der Waals surface area contributed by atoms with Crippen LogP contribution in [0.15, 0.2) is 53.4 Å². The Morgan fingerprint density at radius 3 is 2.40 bits per heavy atom. The number of rotatable bonds is 7. The van der Waals surface area contributed by atoms with Crippen LogP contribution < -0.4 is 5.32 Å². The zero-order valence-corrected chi connectivity index (χ0v) is 19.7. The molecule has 35 heavy (non-hydrogen) atoms. The topological polar surface area (TPSA) is 111 Å². The lowest BCUT2D eigenvalue weighted by atomic mass is 10.1. The molecule has 1 heterocycles. The van der Waals surface area contributed by atoms with Crippen LogP contribution in [0, 0.1) is 17.2 Å². The summed E-state index contributed by atoms with van der Waals surface area (Å²) in [4.78, 5) is 26.5. The van der Waals surface area contributed by atoms with Crippen LogP contribution in [0.4, 0.5) is 13.2 Å². The molecule has 0 aliphatic carbocycles. The third-order valence-electron chi connectivity index (χ3n) is 5.78. The zero-order chi connectivity index (χ0) is 26.0. The predicted molar refractivity (Wildman–Crippen MR) is 119 cm³/mol. The van der Waals surface area contributed by atoms with Crippen molar-refractivity contribution in [2.75, 3.05) is 20.1 Å². The maximum absolute atomic E-state index is 12.9. The second kappa shape index (κ2) is 10.1. The molecule has 2 aromatic rings. The van der Waals surface area contributed by atoms with Gasteiger partial charge < -0.3 is 10.2 Å². The summed E-state index contributed by atoms with van der Waals surface area (Å²) >= 11 is 0. The predicted octanol–water partition coefficient (Wildman–Crippen LogP) is 2.63. The number of likely N-dealkylation sites (N-methyl/N-ethyl adjacent to an activating group) is 1. The molecule has 1 aliphatic heterocycles. The average Bonchev–Trinajstić information content (AvgIpc) is 2.80. The average molecular weight is 509 g/mol. The van der Waals surface area contributed by atoms with Crippen LogP contribution in [0.3, 0.4) is 0 Å². The van der Waals surface area contributed by atoms with Gasteiger partial charge in [-0.1, -0.05) is 18.2 Å². The largest absolute Gasteiger partial charge is 0.416 e. The Balaban J connectivity index is 1.63. The second-order valence-corrected chi connectivity index (χ2v) is 10.1. The van der Waals surface area contributed by atoms with E-state index in [-0.39, 0.29) is 36.0 Å².